The highest BCUT2D eigenvalue weighted by molar-refractivity contribution is 5.90. The molecule has 7 heteroatoms. The standard InChI is InChI=1S/C19H21F3N2O2/c1-26-17-8-3-2-5-14(17)9-11-23-12-10-18(25)24-16-7-4-6-15(13-16)19(20,21)22/h2-8,13,23H,9-12H2,1H3,(H,24,25). The second-order valence-electron chi connectivity index (χ2n) is 5.69. The van der Waals surface area contributed by atoms with Gasteiger partial charge in [-0.15, -0.1) is 0 Å². The fraction of sp³-hybridized carbons (Fsp3) is 0.316. The maximum Gasteiger partial charge on any atom is 0.416 e. The molecule has 2 aromatic carbocycles. The quantitative estimate of drug-likeness (QED) is 0.697. The largest absolute Gasteiger partial charge is 0.496 e. The van der Waals surface area contributed by atoms with Crippen molar-refractivity contribution in [3.8, 4) is 5.75 Å². The lowest BCUT2D eigenvalue weighted by Crippen LogP contribution is -2.23. The average Bonchev–Trinajstić information content (AvgIpc) is 2.61. The maximum atomic E-state index is 12.7. The highest BCUT2D eigenvalue weighted by Gasteiger charge is 2.30. The van der Waals surface area contributed by atoms with Crippen molar-refractivity contribution < 1.29 is 22.7 Å². The first-order chi connectivity index (χ1) is 12.4. The Morgan fingerprint density at radius 3 is 2.58 bits per heavy atom. The third-order valence-electron chi connectivity index (χ3n) is 3.77. The summed E-state index contributed by atoms with van der Waals surface area (Å²) in [6.45, 7) is 1.09. The molecule has 0 aliphatic rings. The number of halogens is 3. The Bertz CT molecular complexity index is 733. The van der Waals surface area contributed by atoms with Crippen LogP contribution in [0.4, 0.5) is 18.9 Å². The molecular formula is C19H21F3N2O2. The molecule has 0 atom stereocenters. The number of para-hydroxylation sites is 1. The molecule has 2 rings (SSSR count). The van der Waals surface area contributed by atoms with Crippen molar-refractivity contribution in [1.29, 1.82) is 0 Å². The number of alkyl halides is 3. The fourth-order valence-electron chi connectivity index (χ4n) is 2.46. The molecular weight excluding hydrogens is 345 g/mol. The molecule has 2 N–H and O–H groups in total. The van der Waals surface area contributed by atoms with Crippen molar-refractivity contribution in [2.75, 3.05) is 25.5 Å². The molecule has 0 bridgehead atoms. The Hall–Kier alpha value is -2.54. The maximum absolute atomic E-state index is 12.7. The second kappa shape index (κ2) is 9.24. The van der Waals surface area contributed by atoms with E-state index in [0.29, 0.717) is 13.1 Å². The average molecular weight is 366 g/mol. The number of hydrogen-bond acceptors (Lipinski definition) is 3. The number of methoxy groups -OCH3 is 1. The number of nitrogens with one attached hydrogen (secondary N) is 2. The van der Waals surface area contributed by atoms with E-state index in [1.807, 2.05) is 24.3 Å². The van der Waals surface area contributed by atoms with E-state index < -0.39 is 11.7 Å². The van der Waals surface area contributed by atoms with Gasteiger partial charge in [0.05, 0.1) is 12.7 Å². The molecule has 4 nitrogen and oxygen atoms in total. The van der Waals surface area contributed by atoms with Gasteiger partial charge in [-0.2, -0.15) is 13.2 Å². The summed E-state index contributed by atoms with van der Waals surface area (Å²) in [5.41, 5.74) is 0.417. The normalized spacial score (nSPS) is 11.2. The fourth-order valence-corrected chi connectivity index (χ4v) is 2.46. The molecule has 0 aliphatic heterocycles. The van der Waals surface area contributed by atoms with Gasteiger partial charge >= 0.3 is 6.18 Å². The number of amides is 1. The van der Waals surface area contributed by atoms with Gasteiger partial charge in [0.2, 0.25) is 5.91 Å². The van der Waals surface area contributed by atoms with Gasteiger partial charge in [-0.25, -0.2) is 0 Å². The van der Waals surface area contributed by atoms with E-state index in [4.69, 9.17) is 4.74 Å². The smallest absolute Gasteiger partial charge is 0.416 e. The minimum absolute atomic E-state index is 0.138. The molecule has 0 fully saturated rings. The van der Waals surface area contributed by atoms with E-state index in [2.05, 4.69) is 10.6 Å². The van der Waals surface area contributed by atoms with Crippen molar-refractivity contribution in [2.24, 2.45) is 0 Å². The second-order valence-corrected chi connectivity index (χ2v) is 5.69. The van der Waals surface area contributed by atoms with Crippen LogP contribution in [0.3, 0.4) is 0 Å². The first-order valence-corrected chi connectivity index (χ1v) is 8.20. The number of anilines is 1. The zero-order valence-electron chi connectivity index (χ0n) is 14.4. The van der Waals surface area contributed by atoms with Gasteiger partial charge in [0.25, 0.3) is 0 Å². The monoisotopic (exact) mass is 366 g/mol. The summed E-state index contributed by atoms with van der Waals surface area (Å²) in [6.07, 6.45) is -3.51. The number of carbonyl (C=O) groups excluding carboxylic acids is 1. The van der Waals surface area contributed by atoms with E-state index in [0.717, 1.165) is 29.9 Å². The van der Waals surface area contributed by atoms with Crippen LogP contribution in [0, 0.1) is 0 Å². The third-order valence-corrected chi connectivity index (χ3v) is 3.77. The van der Waals surface area contributed by atoms with Crippen LogP contribution in [0.1, 0.15) is 17.5 Å². The number of benzene rings is 2. The van der Waals surface area contributed by atoms with Gasteiger partial charge in [0.15, 0.2) is 0 Å². The molecule has 1 amide bonds. The summed E-state index contributed by atoms with van der Waals surface area (Å²) in [5, 5.41) is 5.62. The first kappa shape index (κ1) is 19.8. The van der Waals surface area contributed by atoms with Crippen molar-refractivity contribution in [3.63, 3.8) is 0 Å². The van der Waals surface area contributed by atoms with E-state index >= 15 is 0 Å². The molecule has 26 heavy (non-hydrogen) atoms. The van der Waals surface area contributed by atoms with Crippen LogP contribution in [0.25, 0.3) is 0 Å². The molecule has 0 aromatic heterocycles. The van der Waals surface area contributed by atoms with Crippen LogP contribution in [0.2, 0.25) is 0 Å². The first-order valence-electron chi connectivity index (χ1n) is 8.20. The van der Waals surface area contributed by atoms with Crippen molar-refractivity contribution in [2.45, 2.75) is 19.0 Å². The summed E-state index contributed by atoms with van der Waals surface area (Å²) in [7, 11) is 1.62. The summed E-state index contributed by atoms with van der Waals surface area (Å²) >= 11 is 0. The molecule has 0 radical (unpaired) electrons. The number of ether oxygens (including phenoxy) is 1. The summed E-state index contributed by atoms with van der Waals surface area (Å²) in [6, 6.07) is 12.3. The van der Waals surface area contributed by atoms with Crippen LogP contribution < -0.4 is 15.4 Å². The lowest BCUT2D eigenvalue weighted by atomic mass is 10.1. The van der Waals surface area contributed by atoms with Crippen LogP contribution >= 0.6 is 0 Å². The van der Waals surface area contributed by atoms with Gasteiger partial charge < -0.3 is 15.4 Å². The Kier molecular flexibility index (Phi) is 7.03. The summed E-state index contributed by atoms with van der Waals surface area (Å²) < 4.78 is 43.2. The highest BCUT2D eigenvalue weighted by Crippen LogP contribution is 2.30. The molecule has 0 aliphatic carbocycles. The topological polar surface area (TPSA) is 50.4 Å². The molecule has 0 heterocycles. The van der Waals surface area contributed by atoms with E-state index in [1.165, 1.54) is 12.1 Å². The molecule has 0 saturated carbocycles. The van der Waals surface area contributed by atoms with Crippen LogP contribution in [-0.4, -0.2) is 26.1 Å². The van der Waals surface area contributed by atoms with E-state index in [-0.39, 0.29) is 18.0 Å². The SMILES string of the molecule is COc1ccccc1CCNCCC(=O)Nc1cccc(C(F)(F)F)c1. The lowest BCUT2D eigenvalue weighted by Gasteiger charge is -2.11. The number of carbonyl (C=O) groups is 1. The van der Waals surface area contributed by atoms with Crippen molar-refractivity contribution >= 4 is 11.6 Å². The molecule has 0 saturated heterocycles. The molecule has 140 valence electrons. The third kappa shape index (κ3) is 6.07. The zero-order chi connectivity index (χ0) is 19.0. The van der Waals surface area contributed by atoms with E-state index in [9.17, 15) is 18.0 Å². The Labute approximate surface area is 150 Å². The lowest BCUT2D eigenvalue weighted by molar-refractivity contribution is -0.137. The van der Waals surface area contributed by atoms with Crippen LogP contribution in [0.15, 0.2) is 48.5 Å². The molecule has 0 spiro atoms. The number of hydrogen-bond donors (Lipinski definition) is 2. The van der Waals surface area contributed by atoms with Gasteiger partial charge in [0, 0.05) is 18.7 Å². The predicted molar refractivity (Wildman–Crippen MR) is 94.3 cm³/mol. The van der Waals surface area contributed by atoms with Gasteiger partial charge in [-0.1, -0.05) is 24.3 Å². The summed E-state index contributed by atoms with van der Waals surface area (Å²) in [5.74, 6) is 0.478. The van der Waals surface area contributed by atoms with E-state index in [1.54, 1.807) is 7.11 Å². The Balaban J connectivity index is 1.72. The van der Waals surface area contributed by atoms with Gasteiger partial charge in [0.1, 0.15) is 5.75 Å². The highest BCUT2D eigenvalue weighted by atomic mass is 19.4. The molecule has 0 unspecified atom stereocenters. The molecule has 2 aromatic rings. The Morgan fingerprint density at radius 1 is 1.08 bits per heavy atom. The van der Waals surface area contributed by atoms with Crippen LogP contribution in [0.5, 0.6) is 5.75 Å². The van der Waals surface area contributed by atoms with Gasteiger partial charge in [-0.3, -0.25) is 4.79 Å². The minimum Gasteiger partial charge on any atom is -0.496 e. The van der Waals surface area contributed by atoms with Crippen LogP contribution in [-0.2, 0) is 17.4 Å². The predicted octanol–water partition coefficient (Wildman–Crippen LogP) is 3.87. The zero-order valence-corrected chi connectivity index (χ0v) is 14.4. The van der Waals surface area contributed by atoms with Crippen molar-refractivity contribution in [1.82, 2.24) is 5.32 Å². The Morgan fingerprint density at radius 2 is 1.85 bits per heavy atom. The van der Waals surface area contributed by atoms with Crippen molar-refractivity contribution in [3.05, 3.63) is 59.7 Å². The van der Waals surface area contributed by atoms with Gasteiger partial charge in [-0.05, 0) is 42.8 Å². The minimum atomic E-state index is -4.43. The number of rotatable bonds is 8. The summed E-state index contributed by atoms with van der Waals surface area (Å²) in [4.78, 5) is 11.9.